The number of fused-ring (bicyclic) bond motifs is 1. The highest BCUT2D eigenvalue weighted by Gasteiger charge is 2.06. The number of nitrogens with zero attached hydrogens (tertiary/aromatic N) is 1. The smallest absolute Gasteiger partial charge is 0.0754 e. The van der Waals surface area contributed by atoms with E-state index < -0.39 is 0 Å². The van der Waals surface area contributed by atoms with Crippen LogP contribution in [0.4, 0.5) is 11.4 Å². The van der Waals surface area contributed by atoms with Crippen LogP contribution in [0.25, 0.3) is 10.9 Å². The van der Waals surface area contributed by atoms with Gasteiger partial charge in [-0.2, -0.15) is 0 Å². The van der Waals surface area contributed by atoms with E-state index in [1.54, 1.807) is 0 Å². The zero-order chi connectivity index (χ0) is 14.1. The molecule has 1 aromatic heterocycles. The third kappa shape index (κ3) is 2.25. The maximum Gasteiger partial charge on any atom is 0.0754 e. The molecule has 2 nitrogen and oxygen atoms in total. The van der Waals surface area contributed by atoms with Crippen LogP contribution in [0.3, 0.4) is 0 Å². The van der Waals surface area contributed by atoms with E-state index in [1.807, 2.05) is 12.3 Å². The van der Waals surface area contributed by atoms with Gasteiger partial charge in [0.25, 0.3) is 0 Å². The molecule has 0 aliphatic rings. The van der Waals surface area contributed by atoms with Crippen LogP contribution in [0.1, 0.15) is 16.7 Å². The molecule has 0 saturated heterocycles. The van der Waals surface area contributed by atoms with E-state index in [1.165, 1.54) is 16.7 Å². The van der Waals surface area contributed by atoms with Gasteiger partial charge in [-0.1, -0.05) is 29.8 Å². The quantitative estimate of drug-likeness (QED) is 0.710. The van der Waals surface area contributed by atoms with Crippen LogP contribution in [0.2, 0.25) is 0 Å². The highest BCUT2D eigenvalue weighted by molar-refractivity contribution is 5.95. The molecule has 3 aromatic rings. The Morgan fingerprint density at radius 3 is 2.35 bits per heavy atom. The van der Waals surface area contributed by atoms with Crippen molar-refractivity contribution in [1.29, 1.82) is 0 Å². The van der Waals surface area contributed by atoms with E-state index in [0.717, 1.165) is 22.3 Å². The Morgan fingerprint density at radius 1 is 0.850 bits per heavy atom. The summed E-state index contributed by atoms with van der Waals surface area (Å²) in [5, 5.41) is 4.64. The minimum atomic E-state index is 1.07. The van der Waals surface area contributed by atoms with Crippen molar-refractivity contribution in [2.45, 2.75) is 20.8 Å². The van der Waals surface area contributed by atoms with E-state index in [2.05, 4.69) is 67.5 Å². The van der Waals surface area contributed by atoms with Gasteiger partial charge < -0.3 is 5.32 Å². The molecular weight excluding hydrogens is 244 g/mol. The molecule has 0 fully saturated rings. The van der Waals surface area contributed by atoms with Crippen molar-refractivity contribution in [3.8, 4) is 0 Å². The number of benzene rings is 2. The molecule has 3 rings (SSSR count). The average molecular weight is 262 g/mol. The van der Waals surface area contributed by atoms with Crippen LogP contribution in [-0.4, -0.2) is 4.98 Å². The number of aromatic nitrogens is 1. The Morgan fingerprint density at radius 2 is 1.60 bits per heavy atom. The summed E-state index contributed by atoms with van der Waals surface area (Å²) in [6.07, 6.45) is 1.87. The highest BCUT2D eigenvalue weighted by Crippen LogP contribution is 2.28. The SMILES string of the molecule is Cc1ccc(Nc2ccnc3c(C)c(C)ccc23)cc1. The van der Waals surface area contributed by atoms with Crippen molar-refractivity contribution in [3.63, 3.8) is 0 Å². The monoisotopic (exact) mass is 262 g/mol. The first-order valence-electron chi connectivity index (χ1n) is 6.84. The fourth-order valence-corrected chi connectivity index (χ4v) is 2.36. The van der Waals surface area contributed by atoms with Crippen molar-refractivity contribution in [1.82, 2.24) is 4.98 Å². The highest BCUT2D eigenvalue weighted by atomic mass is 14.9. The van der Waals surface area contributed by atoms with Crippen LogP contribution < -0.4 is 5.32 Å². The van der Waals surface area contributed by atoms with E-state index in [4.69, 9.17) is 0 Å². The minimum absolute atomic E-state index is 1.07. The topological polar surface area (TPSA) is 24.9 Å². The molecule has 0 bridgehead atoms. The van der Waals surface area contributed by atoms with Crippen LogP contribution in [0.5, 0.6) is 0 Å². The van der Waals surface area contributed by atoms with Crippen molar-refractivity contribution in [3.05, 3.63) is 65.4 Å². The van der Waals surface area contributed by atoms with Crippen molar-refractivity contribution < 1.29 is 0 Å². The summed E-state index contributed by atoms with van der Waals surface area (Å²) in [6.45, 7) is 6.34. The second-order valence-corrected chi connectivity index (χ2v) is 5.25. The number of anilines is 2. The summed E-state index contributed by atoms with van der Waals surface area (Å²) in [5.74, 6) is 0. The van der Waals surface area contributed by atoms with Gasteiger partial charge in [0.2, 0.25) is 0 Å². The molecule has 0 unspecified atom stereocenters. The van der Waals surface area contributed by atoms with Gasteiger partial charge in [-0.25, -0.2) is 0 Å². The lowest BCUT2D eigenvalue weighted by Crippen LogP contribution is -1.94. The molecule has 0 aliphatic heterocycles. The molecule has 1 heterocycles. The molecule has 0 saturated carbocycles. The summed E-state index contributed by atoms with van der Waals surface area (Å²) in [7, 11) is 0. The van der Waals surface area contributed by atoms with E-state index >= 15 is 0 Å². The van der Waals surface area contributed by atoms with E-state index in [0.29, 0.717) is 0 Å². The minimum Gasteiger partial charge on any atom is -0.355 e. The number of hydrogen-bond acceptors (Lipinski definition) is 2. The number of aryl methyl sites for hydroxylation is 3. The number of nitrogens with one attached hydrogen (secondary N) is 1. The van der Waals surface area contributed by atoms with Crippen LogP contribution in [0, 0.1) is 20.8 Å². The fourth-order valence-electron chi connectivity index (χ4n) is 2.36. The van der Waals surface area contributed by atoms with Crippen LogP contribution in [-0.2, 0) is 0 Å². The molecular formula is C18H18N2. The Hall–Kier alpha value is -2.35. The lowest BCUT2D eigenvalue weighted by molar-refractivity contribution is 1.31. The molecule has 0 amide bonds. The summed E-state index contributed by atoms with van der Waals surface area (Å²) in [4.78, 5) is 4.52. The molecule has 2 heteroatoms. The second-order valence-electron chi connectivity index (χ2n) is 5.25. The average Bonchev–Trinajstić information content (AvgIpc) is 2.46. The molecule has 2 aromatic carbocycles. The summed E-state index contributed by atoms with van der Waals surface area (Å²) >= 11 is 0. The Kier molecular flexibility index (Phi) is 3.15. The normalized spacial score (nSPS) is 10.8. The summed E-state index contributed by atoms with van der Waals surface area (Å²) in [5.41, 5.74) is 7.06. The zero-order valence-corrected chi connectivity index (χ0v) is 12.1. The molecule has 0 radical (unpaired) electrons. The Labute approximate surface area is 119 Å². The standard InChI is InChI=1S/C18H18N2/c1-12-4-7-15(8-5-12)20-17-10-11-19-18-14(3)13(2)6-9-16(17)18/h4-11H,1-3H3,(H,19,20). The lowest BCUT2D eigenvalue weighted by Gasteiger charge is -2.12. The van der Waals surface area contributed by atoms with Crippen LogP contribution >= 0.6 is 0 Å². The first kappa shape index (κ1) is 12.7. The summed E-state index contributed by atoms with van der Waals surface area (Å²) in [6, 6.07) is 14.7. The lowest BCUT2D eigenvalue weighted by atomic mass is 10.0. The first-order valence-corrected chi connectivity index (χ1v) is 6.84. The van der Waals surface area contributed by atoms with Crippen molar-refractivity contribution >= 4 is 22.3 Å². The van der Waals surface area contributed by atoms with E-state index in [-0.39, 0.29) is 0 Å². The van der Waals surface area contributed by atoms with Gasteiger partial charge >= 0.3 is 0 Å². The second kappa shape index (κ2) is 4.97. The predicted octanol–water partition coefficient (Wildman–Crippen LogP) is 4.90. The number of rotatable bonds is 2. The molecule has 1 N–H and O–H groups in total. The summed E-state index contributed by atoms with van der Waals surface area (Å²) < 4.78 is 0. The first-order chi connectivity index (χ1) is 9.65. The van der Waals surface area contributed by atoms with Gasteiger partial charge in [0.15, 0.2) is 0 Å². The van der Waals surface area contributed by atoms with Crippen LogP contribution in [0.15, 0.2) is 48.7 Å². The van der Waals surface area contributed by atoms with E-state index in [9.17, 15) is 0 Å². The Balaban J connectivity index is 2.08. The van der Waals surface area contributed by atoms with Gasteiger partial charge in [0.1, 0.15) is 0 Å². The van der Waals surface area contributed by atoms with Gasteiger partial charge in [0, 0.05) is 23.0 Å². The third-order valence-electron chi connectivity index (χ3n) is 3.77. The predicted molar refractivity (Wildman–Crippen MR) is 85.7 cm³/mol. The molecule has 20 heavy (non-hydrogen) atoms. The maximum absolute atomic E-state index is 4.52. The number of pyridine rings is 1. The van der Waals surface area contributed by atoms with Gasteiger partial charge in [0.05, 0.1) is 5.52 Å². The zero-order valence-electron chi connectivity index (χ0n) is 12.1. The third-order valence-corrected chi connectivity index (χ3v) is 3.77. The molecule has 0 spiro atoms. The molecule has 0 atom stereocenters. The van der Waals surface area contributed by atoms with Gasteiger partial charge in [-0.05, 0) is 50.1 Å². The van der Waals surface area contributed by atoms with Gasteiger partial charge in [-0.15, -0.1) is 0 Å². The van der Waals surface area contributed by atoms with Crippen molar-refractivity contribution in [2.24, 2.45) is 0 Å². The molecule has 100 valence electrons. The van der Waals surface area contributed by atoms with Gasteiger partial charge in [-0.3, -0.25) is 4.98 Å². The Bertz CT molecular complexity index is 758. The van der Waals surface area contributed by atoms with Crippen molar-refractivity contribution in [2.75, 3.05) is 5.32 Å². The molecule has 0 aliphatic carbocycles. The maximum atomic E-state index is 4.52. The fraction of sp³-hybridized carbons (Fsp3) is 0.167. The number of hydrogen-bond donors (Lipinski definition) is 1. The largest absolute Gasteiger partial charge is 0.355 e.